The smallest absolute Gasteiger partial charge is 0.336 e. The lowest BCUT2D eigenvalue weighted by Crippen LogP contribution is -2.39. The van der Waals surface area contributed by atoms with Crippen LogP contribution in [0, 0.1) is 12.7 Å². The molecule has 3 rings (SSSR count). The molecule has 0 bridgehead atoms. The lowest BCUT2D eigenvalue weighted by molar-refractivity contribution is 0.0697. The van der Waals surface area contributed by atoms with E-state index in [1.165, 1.54) is 18.6 Å². The Hall–Kier alpha value is -2.34. The molecular weight excluding hydrogens is 333 g/mol. The number of piperidine rings is 1. The van der Waals surface area contributed by atoms with Crippen molar-refractivity contribution in [3.63, 3.8) is 0 Å². The zero-order chi connectivity index (χ0) is 18.8. The van der Waals surface area contributed by atoms with Gasteiger partial charge in [-0.3, -0.25) is 4.90 Å². The first kappa shape index (κ1) is 18.5. The van der Waals surface area contributed by atoms with Crippen molar-refractivity contribution in [2.24, 2.45) is 0 Å². The van der Waals surface area contributed by atoms with Gasteiger partial charge in [0.2, 0.25) is 0 Å². The van der Waals surface area contributed by atoms with E-state index in [0.29, 0.717) is 17.6 Å². The second kappa shape index (κ2) is 7.50. The maximum Gasteiger partial charge on any atom is 0.336 e. The summed E-state index contributed by atoms with van der Waals surface area (Å²) in [5.74, 6) is -1.02. The van der Waals surface area contributed by atoms with Gasteiger partial charge in [-0.05, 0) is 64.4 Å². The number of carboxylic acid groups (broad SMARTS) is 1. The monoisotopic (exact) mass is 357 g/mol. The molecule has 1 aliphatic heterocycles. The van der Waals surface area contributed by atoms with Crippen molar-refractivity contribution >= 4 is 5.97 Å². The predicted molar refractivity (Wildman–Crippen MR) is 97.6 cm³/mol. The summed E-state index contributed by atoms with van der Waals surface area (Å²) >= 11 is 0. The maximum atomic E-state index is 13.8. The maximum absolute atomic E-state index is 13.8. The Morgan fingerprint density at radius 3 is 2.73 bits per heavy atom. The number of aryl methyl sites for hydroxylation is 1. The van der Waals surface area contributed by atoms with E-state index in [4.69, 9.17) is 0 Å². The Morgan fingerprint density at radius 2 is 2.04 bits per heavy atom. The summed E-state index contributed by atoms with van der Waals surface area (Å²) in [6.07, 6.45) is 3.30. The first-order chi connectivity index (χ1) is 12.4. The van der Waals surface area contributed by atoms with E-state index in [9.17, 15) is 14.3 Å². The molecule has 1 aromatic carbocycles. The fraction of sp³-hybridized carbons (Fsp3) is 0.450. The van der Waals surface area contributed by atoms with Crippen LogP contribution in [0.5, 0.6) is 0 Å². The van der Waals surface area contributed by atoms with Gasteiger partial charge in [-0.15, -0.1) is 0 Å². The van der Waals surface area contributed by atoms with Gasteiger partial charge in [0.1, 0.15) is 11.6 Å². The van der Waals surface area contributed by atoms with Crippen LogP contribution in [0.1, 0.15) is 61.0 Å². The van der Waals surface area contributed by atoms with E-state index in [2.05, 4.69) is 28.7 Å². The number of nitrogens with zero attached hydrogens (tertiary/aromatic N) is 3. The molecule has 1 N–H and O–H groups in total. The summed E-state index contributed by atoms with van der Waals surface area (Å²) in [6.45, 7) is 7.14. The number of likely N-dealkylation sites (tertiary alicyclic amines) is 1. The molecule has 2 aromatic rings. The lowest BCUT2D eigenvalue weighted by atomic mass is 9.95. The van der Waals surface area contributed by atoms with Crippen molar-refractivity contribution in [2.45, 2.75) is 52.1 Å². The number of aromatic nitrogens is 2. The van der Waals surface area contributed by atoms with Crippen LogP contribution < -0.4 is 0 Å². The molecule has 1 aromatic heterocycles. The fourth-order valence-electron chi connectivity index (χ4n) is 3.70. The van der Waals surface area contributed by atoms with Crippen molar-refractivity contribution in [1.29, 1.82) is 0 Å². The Bertz CT molecular complexity index is 823. The van der Waals surface area contributed by atoms with Gasteiger partial charge in [-0.25, -0.2) is 19.2 Å². The molecule has 0 spiro atoms. The second-order valence-corrected chi connectivity index (χ2v) is 7.06. The van der Waals surface area contributed by atoms with Crippen molar-refractivity contribution in [3.8, 4) is 11.3 Å². The average molecular weight is 357 g/mol. The molecule has 1 fully saturated rings. The van der Waals surface area contributed by atoms with Gasteiger partial charge in [-0.1, -0.05) is 6.42 Å². The molecule has 0 amide bonds. The van der Waals surface area contributed by atoms with Gasteiger partial charge >= 0.3 is 5.97 Å². The number of carbonyl (C=O) groups is 1. The predicted octanol–water partition coefficient (Wildman–Crippen LogP) is 4.22. The molecule has 0 aliphatic carbocycles. The van der Waals surface area contributed by atoms with Crippen LogP contribution in [0.25, 0.3) is 11.3 Å². The van der Waals surface area contributed by atoms with Gasteiger partial charge in [0, 0.05) is 11.6 Å². The normalized spacial score (nSPS) is 18.3. The highest BCUT2D eigenvalue weighted by Crippen LogP contribution is 2.33. The van der Waals surface area contributed by atoms with Crippen molar-refractivity contribution in [3.05, 3.63) is 47.2 Å². The molecule has 26 heavy (non-hydrogen) atoms. The largest absolute Gasteiger partial charge is 0.478 e. The summed E-state index contributed by atoms with van der Waals surface area (Å²) in [5, 5.41) is 9.45. The van der Waals surface area contributed by atoms with Gasteiger partial charge in [0.05, 0.1) is 23.0 Å². The van der Waals surface area contributed by atoms with Gasteiger partial charge < -0.3 is 5.11 Å². The van der Waals surface area contributed by atoms with Crippen molar-refractivity contribution < 1.29 is 14.3 Å². The van der Waals surface area contributed by atoms with E-state index < -0.39 is 11.8 Å². The molecule has 1 atom stereocenters. The Morgan fingerprint density at radius 1 is 1.27 bits per heavy atom. The summed E-state index contributed by atoms with van der Waals surface area (Å²) in [4.78, 5) is 23.0. The molecule has 0 unspecified atom stereocenters. The van der Waals surface area contributed by atoms with E-state index in [1.54, 1.807) is 6.92 Å². The summed E-state index contributed by atoms with van der Waals surface area (Å²) in [5.41, 5.74) is 1.66. The first-order valence-corrected chi connectivity index (χ1v) is 9.01. The highest BCUT2D eigenvalue weighted by Gasteiger charge is 2.28. The van der Waals surface area contributed by atoms with E-state index in [0.717, 1.165) is 31.1 Å². The zero-order valence-corrected chi connectivity index (χ0v) is 15.4. The molecule has 2 heterocycles. The molecule has 0 radical (unpaired) electrons. The quantitative estimate of drug-likeness (QED) is 0.887. The van der Waals surface area contributed by atoms with Crippen LogP contribution in [0.15, 0.2) is 24.3 Å². The average Bonchev–Trinajstić information content (AvgIpc) is 2.60. The summed E-state index contributed by atoms with van der Waals surface area (Å²) in [6, 6.07) is 6.05. The van der Waals surface area contributed by atoms with Crippen LogP contribution in [-0.2, 0) is 0 Å². The fourth-order valence-corrected chi connectivity index (χ4v) is 3.70. The minimum atomic E-state index is -1.10. The summed E-state index contributed by atoms with van der Waals surface area (Å²) in [7, 11) is 0. The van der Waals surface area contributed by atoms with Crippen LogP contribution >= 0.6 is 0 Å². The third-order valence-corrected chi connectivity index (χ3v) is 4.89. The Kier molecular flexibility index (Phi) is 5.32. The number of hydrogen-bond acceptors (Lipinski definition) is 4. The van der Waals surface area contributed by atoms with Crippen LogP contribution in [0.4, 0.5) is 4.39 Å². The van der Waals surface area contributed by atoms with Crippen LogP contribution in [-0.4, -0.2) is 38.5 Å². The highest BCUT2D eigenvalue weighted by atomic mass is 19.1. The number of rotatable bonds is 4. The second-order valence-electron chi connectivity index (χ2n) is 7.06. The van der Waals surface area contributed by atoms with E-state index >= 15 is 0 Å². The molecule has 5 nitrogen and oxygen atoms in total. The van der Waals surface area contributed by atoms with Crippen LogP contribution in [0.2, 0.25) is 0 Å². The van der Waals surface area contributed by atoms with E-state index in [1.807, 2.05) is 6.07 Å². The molecule has 0 saturated carbocycles. The van der Waals surface area contributed by atoms with Crippen LogP contribution in [0.3, 0.4) is 0 Å². The van der Waals surface area contributed by atoms with Crippen molar-refractivity contribution in [1.82, 2.24) is 14.9 Å². The zero-order valence-electron chi connectivity index (χ0n) is 15.4. The third kappa shape index (κ3) is 3.75. The molecule has 1 aliphatic rings. The number of aromatic carboxylic acids is 1. The first-order valence-electron chi connectivity index (χ1n) is 9.01. The molecule has 138 valence electrons. The number of benzene rings is 1. The number of hydrogen-bond donors (Lipinski definition) is 1. The topological polar surface area (TPSA) is 66.3 Å². The standard InChI is InChI=1S/C20H24FN3O2/c1-12(2)24-9-5-4-6-19(24)18-11-17(22-13(3)23-18)16-10-14(21)7-8-15(16)20(25)26/h7-8,10-12,19H,4-6,9H2,1-3H3,(H,25,26)/t19-/m1/s1. The molecular formula is C20H24FN3O2. The molecule has 6 heteroatoms. The van der Waals surface area contributed by atoms with E-state index in [-0.39, 0.29) is 17.2 Å². The van der Waals surface area contributed by atoms with Gasteiger partial charge in [-0.2, -0.15) is 0 Å². The van der Waals surface area contributed by atoms with Gasteiger partial charge in [0.25, 0.3) is 0 Å². The Labute approximate surface area is 152 Å². The third-order valence-electron chi connectivity index (χ3n) is 4.89. The lowest BCUT2D eigenvalue weighted by Gasteiger charge is -2.38. The number of carboxylic acids is 1. The molecule has 1 saturated heterocycles. The SMILES string of the molecule is Cc1nc(-c2cc(F)ccc2C(=O)O)cc([C@H]2CCCCN2C(C)C)n1. The Balaban J connectivity index is 2.09. The minimum absolute atomic E-state index is 0.0415. The minimum Gasteiger partial charge on any atom is -0.478 e. The van der Waals surface area contributed by atoms with Crippen molar-refractivity contribution in [2.75, 3.05) is 6.54 Å². The number of halogens is 1. The summed E-state index contributed by atoms with van der Waals surface area (Å²) < 4.78 is 13.8. The van der Waals surface area contributed by atoms with Gasteiger partial charge in [0.15, 0.2) is 0 Å². The highest BCUT2D eigenvalue weighted by molar-refractivity contribution is 5.95.